The molecule has 0 bridgehead atoms. The van der Waals surface area contributed by atoms with E-state index in [1.807, 2.05) is 0 Å². The molecule has 1 aromatic heterocycles. The quantitative estimate of drug-likeness (QED) is 0.716. The lowest BCUT2D eigenvalue weighted by molar-refractivity contribution is 0.0698. The second-order valence-electron chi connectivity index (χ2n) is 7.69. The zero-order valence-electron chi connectivity index (χ0n) is 17.0. The predicted octanol–water partition coefficient (Wildman–Crippen LogP) is 2.50. The van der Waals surface area contributed by atoms with Crippen molar-refractivity contribution in [3.63, 3.8) is 0 Å². The van der Waals surface area contributed by atoms with Crippen LogP contribution in [0.3, 0.4) is 0 Å². The molecule has 2 aromatic rings. The normalized spacial score (nSPS) is 18.3. The number of halogens is 2. The molecule has 0 N–H and O–H groups in total. The van der Waals surface area contributed by atoms with Crippen LogP contribution in [-0.4, -0.2) is 67.8 Å². The van der Waals surface area contributed by atoms with Crippen molar-refractivity contribution in [1.29, 1.82) is 0 Å². The van der Waals surface area contributed by atoms with Crippen molar-refractivity contribution in [1.82, 2.24) is 14.2 Å². The van der Waals surface area contributed by atoms with Crippen LogP contribution in [-0.2, 0) is 10.0 Å². The van der Waals surface area contributed by atoms with Crippen molar-refractivity contribution in [2.24, 2.45) is 0 Å². The van der Waals surface area contributed by atoms with E-state index in [1.165, 1.54) is 10.7 Å². The predicted molar refractivity (Wildman–Crippen MR) is 111 cm³/mol. The van der Waals surface area contributed by atoms with E-state index in [9.17, 15) is 22.0 Å². The lowest BCUT2D eigenvalue weighted by Crippen LogP contribution is -2.50. The second kappa shape index (κ2) is 8.88. The standard InChI is InChI=1S/C21H24F2N4O3S/c22-18-7-6-16(15-19(18)23)31(29,30)27-13-11-26(12-14-27)21(28)17-5-4-8-24-20(17)25-9-2-1-3-10-25/h4-8,15H,1-3,9-14H2. The number of rotatable bonds is 4. The Labute approximate surface area is 180 Å². The Morgan fingerprint density at radius 1 is 0.903 bits per heavy atom. The minimum atomic E-state index is -3.97. The molecule has 0 atom stereocenters. The number of nitrogens with zero attached hydrogens (tertiary/aromatic N) is 4. The molecule has 0 spiro atoms. The number of pyridine rings is 1. The monoisotopic (exact) mass is 450 g/mol. The van der Waals surface area contributed by atoms with Gasteiger partial charge in [0, 0.05) is 45.5 Å². The Bertz CT molecular complexity index is 1070. The number of hydrogen-bond acceptors (Lipinski definition) is 5. The van der Waals surface area contributed by atoms with E-state index in [0.717, 1.165) is 38.1 Å². The van der Waals surface area contributed by atoms with Crippen LogP contribution in [0.2, 0.25) is 0 Å². The van der Waals surface area contributed by atoms with Crippen LogP contribution >= 0.6 is 0 Å². The smallest absolute Gasteiger partial charge is 0.257 e. The van der Waals surface area contributed by atoms with Gasteiger partial charge in [-0.05, 0) is 49.6 Å². The maximum Gasteiger partial charge on any atom is 0.257 e. The van der Waals surface area contributed by atoms with Gasteiger partial charge in [0.05, 0.1) is 10.5 Å². The van der Waals surface area contributed by atoms with Crippen molar-refractivity contribution < 1.29 is 22.0 Å². The number of benzene rings is 1. The van der Waals surface area contributed by atoms with E-state index >= 15 is 0 Å². The summed E-state index contributed by atoms with van der Waals surface area (Å²) in [5.74, 6) is -1.82. The van der Waals surface area contributed by atoms with Gasteiger partial charge in [0.15, 0.2) is 11.6 Å². The van der Waals surface area contributed by atoms with Gasteiger partial charge in [0.1, 0.15) is 5.82 Å². The molecule has 0 saturated carbocycles. The number of aromatic nitrogens is 1. The van der Waals surface area contributed by atoms with Crippen molar-refractivity contribution in [2.45, 2.75) is 24.2 Å². The van der Waals surface area contributed by atoms with Crippen LogP contribution in [0.15, 0.2) is 41.4 Å². The van der Waals surface area contributed by atoms with E-state index in [2.05, 4.69) is 9.88 Å². The lowest BCUT2D eigenvalue weighted by Gasteiger charge is -2.35. The molecule has 2 fully saturated rings. The molecule has 4 rings (SSSR count). The van der Waals surface area contributed by atoms with Crippen molar-refractivity contribution in [3.8, 4) is 0 Å². The lowest BCUT2D eigenvalue weighted by atomic mass is 10.1. The van der Waals surface area contributed by atoms with Crippen LogP contribution in [0.1, 0.15) is 29.6 Å². The van der Waals surface area contributed by atoms with Gasteiger partial charge in [0.2, 0.25) is 10.0 Å². The topological polar surface area (TPSA) is 73.8 Å². The first-order chi connectivity index (χ1) is 14.9. The van der Waals surface area contributed by atoms with Crippen LogP contribution in [0.4, 0.5) is 14.6 Å². The van der Waals surface area contributed by atoms with Gasteiger partial charge in [-0.3, -0.25) is 4.79 Å². The maximum atomic E-state index is 13.5. The molecule has 2 aliphatic heterocycles. The highest BCUT2D eigenvalue weighted by atomic mass is 32.2. The molecule has 2 saturated heterocycles. The molecule has 0 unspecified atom stereocenters. The highest BCUT2D eigenvalue weighted by molar-refractivity contribution is 7.89. The first kappa shape index (κ1) is 21.6. The zero-order valence-corrected chi connectivity index (χ0v) is 17.8. The minimum absolute atomic E-state index is 0.0758. The van der Waals surface area contributed by atoms with Crippen LogP contribution in [0.25, 0.3) is 0 Å². The van der Waals surface area contributed by atoms with Crippen LogP contribution < -0.4 is 4.90 Å². The van der Waals surface area contributed by atoms with Crippen molar-refractivity contribution in [3.05, 3.63) is 53.7 Å². The Morgan fingerprint density at radius 3 is 2.29 bits per heavy atom. The third-order valence-corrected chi connectivity index (χ3v) is 7.62. The summed E-state index contributed by atoms with van der Waals surface area (Å²) in [7, 11) is -3.97. The number of carbonyl (C=O) groups is 1. The Balaban J connectivity index is 1.47. The van der Waals surface area contributed by atoms with E-state index in [0.29, 0.717) is 17.4 Å². The van der Waals surface area contributed by atoms with Gasteiger partial charge in [0.25, 0.3) is 5.91 Å². The molecule has 3 heterocycles. The Hall–Kier alpha value is -2.59. The van der Waals surface area contributed by atoms with Gasteiger partial charge >= 0.3 is 0 Å². The summed E-state index contributed by atoms with van der Waals surface area (Å²) in [4.78, 5) is 21.0. The summed E-state index contributed by atoms with van der Waals surface area (Å²) < 4.78 is 53.4. The third-order valence-electron chi connectivity index (χ3n) is 5.73. The third kappa shape index (κ3) is 4.40. The zero-order chi connectivity index (χ0) is 22.0. The number of sulfonamides is 1. The van der Waals surface area contributed by atoms with E-state index in [4.69, 9.17) is 0 Å². The largest absolute Gasteiger partial charge is 0.356 e. The number of hydrogen-bond donors (Lipinski definition) is 0. The number of piperazine rings is 1. The van der Waals surface area contributed by atoms with Crippen molar-refractivity contribution >= 4 is 21.7 Å². The molecular formula is C21H24F2N4O3S. The highest BCUT2D eigenvalue weighted by Crippen LogP contribution is 2.25. The summed E-state index contributed by atoms with van der Waals surface area (Å²) in [6.07, 6.45) is 4.96. The van der Waals surface area contributed by atoms with E-state index in [1.54, 1.807) is 23.2 Å². The molecule has 166 valence electrons. The van der Waals surface area contributed by atoms with Gasteiger partial charge in [-0.25, -0.2) is 22.2 Å². The number of amides is 1. The molecule has 7 nitrogen and oxygen atoms in total. The second-order valence-corrected chi connectivity index (χ2v) is 9.63. The van der Waals surface area contributed by atoms with Crippen molar-refractivity contribution in [2.75, 3.05) is 44.2 Å². The molecule has 2 aliphatic rings. The molecule has 0 aliphatic carbocycles. The molecule has 31 heavy (non-hydrogen) atoms. The van der Waals surface area contributed by atoms with E-state index in [-0.39, 0.29) is 37.0 Å². The summed E-state index contributed by atoms with van der Waals surface area (Å²) in [5, 5.41) is 0. The molecular weight excluding hydrogens is 426 g/mol. The fourth-order valence-electron chi connectivity index (χ4n) is 4.01. The Kier molecular flexibility index (Phi) is 6.19. The first-order valence-corrected chi connectivity index (χ1v) is 11.8. The highest BCUT2D eigenvalue weighted by Gasteiger charge is 2.32. The molecule has 1 amide bonds. The number of carbonyl (C=O) groups excluding carboxylic acids is 1. The Morgan fingerprint density at radius 2 is 1.61 bits per heavy atom. The summed E-state index contributed by atoms with van der Waals surface area (Å²) in [5.41, 5.74) is 0.515. The number of anilines is 1. The first-order valence-electron chi connectivity index (χ1n) is 10.3. The minimum Gasteiger partial charge on any atom is -0.356 e. The fraction of sp³-hybridized carbons (Fsp3) is 0.429. The molecule has 1 aromatic carbocycles. The van der Waals surface area contributed by atoms with Crippen LogP contribution in [0, 0.1) is 11.6 Å². The van der Waals surface area contributed by atoms with Gasteiger partial charge in [-0.2, -0.15) is 4.31 Å². The van der Waals surface area contributed by atoms with Gasteiger partial charge in [-0.15, -0.1) is 0 Å². The summed E-state index contributed by atoms with van der Waals surface area (Å²) >= 11 is 0. The fourth-order valence-corrected chi connectivity index (χ4v) is 5.44. The average molecular weight is 451 g/mol. The summed E-state index contributed by atoms with van der Waals surface area (Å²) in [6, 6.07) is 6.01. The SMILES string of the molecule is O=C(c1cccnc1N1CCCCC1)N1CCN(S(=O)(=O)c2ccc(F)c(F)c2)CC1. The molecule has 10 heteroatoms. The van der Waals surface area contributed by atoms with Crippen LogP contribution in [0.5, 0.6) is 0 Å². The number of piperidine rings is 1. The maximum absolute atomic E-state index is 13.5. The summed E-state index contributed by atoms with van der Waals surface area (Å²) in [6.45, 7) is 2.28. The average Bonchev–Trinajstić information content (AvgIpc) is 2.81. The van der Waals surface area contributed by atoms with Gasteiger partial charge in [-0.1, -0.05) is 0 Å². The molecule has 0 radical (unpaired) electrons. The van der Waals surface area contributed by atoms with Gasteiger partial charge < -0.3 is 9.80 Å². The van der Waals surface area contributed by atoms with E-state index < -0.39 is 21.7 Å².